The first-order chi connectivity index (χ1) is 34.0. The number of hydrogen-bond acceptors (Lipinski definition) is 12. The van der Waals surface area contributed by atoms with E-state index < -0.39 is 103 Å². The zero-order chi connectivity index (χ0) is 54.0. The fourth-order valence-electron chi connectivity index (χ4n) is 7.49. The monoisotopic (exact) mass is 1090 g/mol. The largest absolute Gasteiger partial charge is 0.462 e. The Kier molecular flexibility index (Phi) is 20.2. The molecule has 1 amide bonds. The van der Waals surface area contributed by atoms with Crippen molar-refractivity contribution in [1.29, 1.82) is 0 Å². The van der Waals surface area contributed by atoms with Gasteiger partial charge < -0.3 is 24.4 Å². The van der Waals surface area contributed by atoms with Gasteiger partial charge in [0.25, 0.3) is 0 Å². The number of para-hydroxylation sites is 1. The third kappa shape index (κ3) is 16.7. The van der Waals surface area contributed by atoms with Crippen molar-refractivity contribution < 1.29 is 72.9 Å². The average Bonchev–Trinajstić information content (AvgIpc) is 3.50. The Hall–Kier alpha value is -4.51. The predicted octanol–water partition coefficient (Wildman–Crippen LogP) is 11.7. The summed E-state index contributed by atoms with van der Waals surface area (Å²) in [6.07, 6.45) is -11.0. The Bertz CT molecular complexity index is 2560. The maximum atomic E-state index is 16.3. The second kappa shape index (κ2) is 24.9. The van der Waals surface area contributed by atoms with Crippen molar-refractivity contribution in [1.82, 2.24) is 14.6 Å². The van der Waals surface area contributed by atoms with Gasteiger partial charge in [-0.3, -0.25) is 18.7 Å². The topological polar surface area (TPSA) is 167 Å². The van der Waals surface area contributed by atoms with Gasteiger partial charge in [0.2, 0.25) is 12.1 Å². The van der Waals surface area contributed by atoms with Crippen LogP contribution in [0.4, 0.5) is 40.9 Å². The standard InChI is InChI=1S/C49H59F8N4O9PS2/c1-31(2)68-42(64)32(3)60-71(66,70-37-10-8-7-9-11-37)67-27-39-46(6,30-62)47(50,51)43(69-39)61-24-21-40(59-44(61)65)58-41(63)26-45(4,5)23-20-38(73-29-34-14-18-36(19-15-34)49(55,56)57)22-25-72-28-33-12-16-35(17-13-33)48(52,53)54/h7-19,21,24,31-32,38-39,43,62H,20,22-23,25-30H2,1-6H3,(H,60,66)(H,58,59,63,65)/t32-,38+,39+,43+,46?,71?/m0/s1. The summed E-state index contributed by atoms with van der Waals surface area (Å²) in [6, 6.07) is 17.3. The Morgan fingerprint density at radius 1 is 0.890 bits per heavy atom. The minimum absolute atomic E-state index is 0.0263. The van der Waals surface area contributed by atoms with Crippen molar-refractivity contribution >= 4 is 49.0 Å². The maximum Gasteiger partial charge on any atom is 0.459 e. The van der Waals surface area contributed by atoms with Crippen LogP contribution in [0.15, 0.2) is 95.9 Å². The van der Waals surface area contributed by atoms with Crippen LogP contribution in [0.5, 0.6) is 5.75 Å². The number of nitrogens with zero attached hydrogens (tertiary/aromatic N) is 2. The number of alkyl halides is 8. The molecule has 0 radical (unpaired) electrons. The zero-order valence-corrected chi connectivity index (χ0v) is 43.3. The number of carbonyl (C=O) groups excluding carboxylic acids is 2. The van der Waals surface area contributed by atoms with Crippen LogP contribution in [0.1, 0.15) is 95.7 Å². The molecule has 13 nitrogen and oxygen atoms in total. The van der Waals surface area contributed by atoms with E-state index >= 15 is 8.78 Å². The summed E-state index contributed by atoms with van der Waals surface area (Å²) in [6.45, 7) is 7.14. The number of amides is 1. The normalized spacial score (nSPS) is 19.8. The van der Waals surface area contributed by atoms with E-state index in [1.165, 1.54) is 66.8 Å². The molecule has 0 spiro atoms. The summed E-state index contributed by atoms with van der Waals surface area (Å²) in [5.41, 5.74) is -4.46. The summed E-state index contributed by atoms with van der Waals surface area (Å²) in [7, 11) is -4.58. The van der Waals surface area contributed by atoms with E-state index in [9.17, 15) is 50.4 Å². The van der Waals surface area contributed by atoms with E-state index in [2.05, 4.69) is 15.4 Å². The molecule has 4 aromatic rings. The van der Waals surface area contributed by atoms with Crippen LogP contribution in [0.2, 0.25) is 0 Å². The van der Waals surface area contributed by atoms with Gasteiger partial charge in [-0.05, 0) is 112 Å². The number of ether oxygens (including phenoxy) is 2. The van der Waals surface area contributed by atoms with E-state index in [0.29, 0.717) is 52.2 Å². The molecule has 1 aromatic heterocycles. The molecular formula is C49H59F8N4O9PS2. The second-order valence-electron chi connectivity index (χ2n) is 18.8. The van der Waals surface area contributed by atoms with Crippen molar-refractivity contribution in [3.05, 3.63) is 124 Å². The Balaban J connectivity index is 1.22. The lowest BCUT2D eigenvalue weighted by Gasteiger charge is -2.33. The smallest absolute Gasteiger partial charge is 0.459 e. The minimum atomic E-state index is -4.58. The molecule has 2 unspecified atom stereocenters. The number of carbonyl (C=O) groups is 2. The van der Waals surface area contributed by atoms with Crippen molar-refractivity contribution in [2.24, 2.45) is 10.8 Å². The van der Waals surface area contributed by atoms with E-state index in [1.54, 1.807) is 32.0 Å². The molecule has 1 fully saturated rings. The number of aliphatic hydroxyl groups is 1. The molecule has 402 valence electrons. The van der Waals surface area contributed by atoms with Gasteiger partial charge in [-0.1, -0.05) is 56.3 Å². The fourth-order valence-corrected chi connectivity index (χ4v) is 11.3. The average molecular weight is 1100 g/mol. The lowest BCUT2D eigenvalue weighted by atomic mass is 9.80. The molecule has 0 saturated carbocycles. The highest BCUT2D eigenvalue weighted by Gasteiger charge is 2.68. The highest BCUT2D eigenvalue weighted by Crippen LogP contribution is 2.56. The van der Waals surface area contributed by atoms with Gasteiger partial charge in [0.15, 0.2) is 0 Å². The number of hydrogen-bond donors (Lipinski definition) is 3. The summed E-state index contributed by atoms with van der Waals surface area (Å²) >= 11 is 3.06. The molecule has 0 bridgehead atoms. The van der Waals surface area contributed by atoms with E-state index in [-0.39, 0.29) is 23.2 Å². The molecular weight excluding hydrogens is 1040 g/mol. The number of rotatable bonds is 25. The van der Waals surface area contributed by atoms with Gasteiger partial charge in [-0.2, -0.15) is 59.9 Å². The van der Waals surface area contributed by atoms with Gasteiger partial charge in [0, 0.05) is 29.4 Å². The number of nitrogens with one attached hydrogen (secondary N) is 2. The van der Waals surface area contributed by atoms with Crippen LogP contribution in [0.3, 0.4) is 0 Å². The van der Waals surface area contributed by atoms with Crippen molar-refractivity contribution in [2.45, 2.75) is 127 Å². The summed E-state index contributed by atoms with van der Waals surface area (Å²) < 4.78 is 148. The number of aromatic nitrogens is 2. The molecule has 1 aliphatic rings. The van der Waals surface area contributed by atoms with Crippen LogP contribution >= 0.6 is 31.3 Å². The molecule has 1 aliphatic heterocycles. The molecule has 5 rings (SSSR count). The summed E-state index contributed by atoms with van der Waals surface area (Å²) in [4.78, 5) is 43.2. The van der Waals surface area contributed by atoms with Gasteiger partial charge in [-0.25, -0.2) is 18.1 Å². The first-order valence-electron chi connectivity index (χ1n) is 23.1. The van der Waals surface area contributed by atoms with E-state index in [0.717, 1.165) is 43.5 Å². The molecule has 0 aliphatic carbocycles. The summed E-state index contributed by atoms with van der Waals surface area (Å²) in [5.74, 6) is -4.08. The lowest BCUT2D eigenvalue weighted by molar-refractivity contribution is -0.154. The molecule has 3 N–H and O–H groups in total. The number of halogens is 8. The number of anilines is 1. The summed E-state index contributed by atoms with van der Waals surface area (Å²) in [5, 5.41) is 15.3. The third-order valence-corrected chi connectivity index (χ3v) is 16.0. The van der Waals surface area contributed by atoms with Crippen LogP contribution in [0, 0.1) is 10.8 Å². The number of aliphatic hydroxyl groups excluding tert-OH is 1. The quantitative estimate of drug-likeness (QED) is 0.0248. The van der Waals surface area contributed by atoms with Crippen molar-refractivity contribution in [3.8, 4) is 5.75 Å². The number of thioether (sulfide) groups is 2. The van der Waals surface area contributed by atoms with Crippen LogP contribution in [-0.2, 0) is 52.0 Å². The molecule has 73 heavy (non-hydrogen) atoms. The minimum Gasteiger partial charge on any atom is -0.462 e. The molecule has 6 atom stereocenters. The molecule has 3 aromatic carbocycles. The van der Waals surface area contributed by atoms with E-state index in [4.69, 9.17) is 18.5 Å². The van der Waals surface area contributed by atoms with Gasteiger partial charge in [-0.15, -0.1) is 0 Å². The Morgan fingerprint density at radius 2 is 1.48 bits per heavy atom. The van der Waals surface area contributed by atoms with Crippen LogP contribution in [0.25, 0.3) is 0 Å². The van der Waals surface area contributed by atoms with Crippen LogP contribution < -0.4 is 20.6 Å². The van der Waals surface area contributed by atoms with Crippen LogP contribution in [-0.4, -0.2) is 74.9 Å². The van der Waals surface area contributed by atoms with Gasteiger partial charge >= 0.3 is 37.7 Å². The number of esters is 1. The highest BCUT2D eigenvalue weighted by atomic mass is 32.2. The molecule has 2 heterocycles. The Labute approximate surface area is 426 Å². The SMILES string of the molecule is CC(C)OC(=O)[C@H](C)NP(=O)(OC[C@H]1O[C@@H](n2ccc(NC(=O)CC(C)(C)CC[C@H](CCSCc3ccc(C(F)(F)F)cc3)SCc3ccc(C(F)(F)F)cc3)nc2=O)C(F)(F)C1(C)CO)Oc1ccccc1. The zero-order valence-electron chi connectivity index (χ0n) is 40.8. The lowest BCUT2D eigenvalue weighted by Crippen LogP contribution is -2.48. The Morgan fingerprint density at radius 3 is 2.03 bits per heavy atom. The highest BCUT2D eigenvalue weighted by molar-refractivity contribution is 7.99. The second-order valence-corrected chi connectivity index (χ2v) is 22.9. The van der Waals surface area contributed by atoms with E-state index in [1.807, 2.05) is 13.8 Å². The predicted molar refractivity (Wildman–Crippen MR) is 262 cm³/mol. The van der Waals surface area contributed by atoms with Gasteiger partial charge in [0.05, 0.1) is 42.0 Å². The number of benzene rings is 3. The molecule has 1 saturated heterocycles. The first kappa shape index (κ1) is 59.4. The third-order valence-electron chi connectivity index (χ3n) is 11.9. The fraction of sp³-hybridized carbons (Fsp3) is 0.510. The molecule has 24 heteroatoms. The maximum absolute atomic E-state index is 16.3. The van der Waals surface area contributed by atoms with Crippen molar-refractivity contribution in [2.75, 3.05) is 24.3 Å². The van der Waals surface area contributed by atoms with Crippen molar-refractivity contribution in [3.63, 3.8) is 0 Å². The first-order valence-corrected chi connectivity index (χ1v) is 26.8. The van der Waals surface area contributed by atoms with Gasteiger partial charge in [0.1, 0.15) is 17.6 Å².